The molecule has 0 spiro atoms. The number of nitrogens with zero attached hydrogens (tertiary/aromatic N) is 2. The number of ketones is 1. The number of nitro benzene ring substituents is 1. The zero-order valence-electron chi connectivity index (χ0n) is 16.9. The summed E-state index contributed by atoms with van der Waals surface area (Å²) in [5.41, 5.74) is 1.17. The minimum Gasteiger partial charge on any atom is -0.486 e. The van der Waals surface area contributed by atoms with E-state index < -0.39 is 4.92 Å². The number of amides is 1. The van der Waals surface area contributed by atoms with Gasteiger partial charge in [-0.15, -0.1) is 0 Å². The zero-order valence-corrected chi connectivity index (χ0v) is 16.9. The van der Waals surface area contributed by atoms with Crippen LogP contribution in [0.3, 0.4) is 0 Å². The number of carbonyl (C=O) groups excluding carboxylic acids is 2. The van der Waals surface area contributed by atoms with Crippen molar-refractivity contribution in [3.63, 3.8) is 0 Å². The van der Waals surface area contributed by atoms with Crippen molar-refractivity contribution in [3.05, 3.63) is 69.8 Å². The van der Waals surface area contributed by atoms with E-state index in [1.54, 1.807) is 41.3 Å². The summed E-state index contributed by atoms with van der Waals surface area (Å²) in [6.45, 7) is 1.94. The third-order valence-corrected chi connectivity index (χ3v) is 5.50. The van der Waals surface area contributed by atoms with Crippen LogP contribution < -0.4 is 9.47 Å². The summed E-state index contributed by atoms with van der Waals surface area (Å²) in [5.74, 6) is 0.982. The van der Waals surface area contributed by atoms with Crippen molar-refractivity contribution in [2.75, 3.05) is 26.3 Å². The maximum atomic E-state index is 12.9. The number of non-ortho nitro benzene ring substituents is 1. The molecular formula is C23H22N2O6. The summed E-state index contributed by atoms with van der Waals surface area (Å²) in [6, 6.07) is 11.4. The second kappa shape index (κ2) is 8.99. The number of fused-ring (bicyclic) bond motifs is 1. The molecule has 0 aromatic heterocycles. The van der Waals surface area contributed by atoms with Gasteiger partial charge in [0.1, 0.15) is 13.2 Å². The Balaban J connectivity index is 1.34. The maximum Gasteiger partial charge on any atom is 0.270 e. The summed E-state index contributed by atoms with van der Waals surface area (Å²) in [4.78, 5) is 37.5. The van der Waals surface area contributed by atoms with E-state index in [9.17, 15) is 19.7 Å². The highest BCUT2D eigenvalue weighted by Crippen LogP contribution is 2.32. The van der Waals surface area contributed by atoms with Gasteiger partial charge in [-0.3, -0.25) is 19.7 Å². The number of hydrogen-bond acceptors (Lipinski definition) is 6. The standard InChI is InChI=1S/C23H22N2O6/c26-22(7-4-16-2-1-3-19(14-16)25(28)29)24-10-8-17(9-11-24)23(27)18-5-6-20-21(15-18)31-13-12-30-20/h1-7,14-15,17H,8-13H2/b7-4+. The molecule has 0 N–H and O–H groups in total. The van der Waals surface area contributed by atoms with Gasteiger partial charge in [-0.25, -0.2) is 0 Å². The van der Waals surface area contributed by atoms with Gasteiger partial charge in [0.05, 0.1) is 4.92 Å². The molecule has 8 nitrogen and oxygen atoms in total. The summed E-state index contributed by atoms with van der Waals surface area (Å²) in [6.07, 6.45) is 4.16. The zero-order chi connectivity index (χ0) is 21.8. The van der Waals surface area contributed by atoms with E-state index in [-0.39, 0.29) is 23.3 Å². The number of likely N-dealkylation sites (tertiary alicyclic amines) is 1. The Labute approximate surface area is 179 Å². The van der Waals surface area contributed by atoms with E-state index in [1.807, 2.05) is 0 Å². The fourth-order valence-corrected chi connectivity index (χ4v) is 3.81. The van der Waals surface area contributed by atoms with Gasteiger partial charge in [0.15, 0.2) is 17.3 Å². The lowest BCUT2D eigenvalue weighted by atomic mass is 9.88. The molecule has 8 heteroatoms. The van der Waals surface area contributed by atoms with Crippen LogP contribution in [0.15, 0.2) is 48.5 Å². The number of piperidine rings is 1. The normalized spacial score (nSPS) is 16.3. The SMILES string of the molecule is O=C(c1ccc2c(c1)OCCO2)C1CCN(C(=O)/C=C/c2cccc([N+](=O)[O-])c2)CC1. The van der Waals surface area contributed by atoms with Gasteiger partial charge in [-0.05, 0) is 42.7 Å². The number of ether oxygens (including phenoxy) is 2. The highest BCUT2D eigenvalue weighted by molar-refractivity contribution is 5.99. The van der Waals surface area contributed by atoms with E-state index in [1.165, 1.54) is 18.2 Å². The predicted molar refractivity (Wildman–Crippen MR) is 113 cm³/mol. The molecule has 2 aromatic rings. The molecule has 0 radical (unpaired) electrons. The van der Waals surface area contributed by atoms with Crippen LogP contribution in [-0.4, -0.2) is 47.8 Å². The number of hydrogen-bond donors (Lipinski definition) is 0. The van der Waals surface area contributed by atoms with Crippen LogP contribution in [-0.2, 0) is 4.79 Å². The molecule has 0 atom stereocenters. The van der Waals surface area contributed by atoms with E-state index >= 15 is 0 Å². The summed E-state index contributed by atoms with van der Waals surface area (Å²) < 4.78 is 11.1. The largest absolute Gasteiger partial charge is 0.486 e. The highest BCUT2D eigenvalue weighted by atomic mass is 16.6. The van der Waals surface area contributed by atoms with Gasteiger partial charge in [-0.1, -0.05) is 12.1 Å². The van der Waals surface area contributed by atoms with E-state index in [0.717, 1.165) is 0 Å². The Morgan fingerprint density at radius 2 is 1.77 bits per heavy atom. The molecule has 0 bridgehead atoms. The molecule has 0 aliphatic carbocycles. The fourth-order valence-electron chi connectivity index (χ4n) is 3.81. The lowest BCUT2D eigenvalue weighted by molar-refractivity contribution is -0.384. The molecule has 160 valence electrons. The molecule has 2 aromatic carbocycles. The third-order valence-electron chi connectivity index (χ3n) is 5.50. The van der Waals surface area contributed by atoms with Crippen molar-refractivity contribution in [3.8, 4) is 11.5 Å². The number of nitro groups is 1. The Morgan fingerprint density at radius 3 is 2.52 bits per heavy atom. The predicted octanol–water partition coefficient (Wildman–Crippen LogP) is 3.50. The molecule has 31 heavy (non-hydrogen) atoms. The first-order valence-corrected chi connectivity index (χ1v) is 10.2. The van der Waals surface area contributed by atoms with Crippen LogP contribution in [0.2, 0.25) is 0 Å². The summed E-state index contributed by atoms with van der Waals surface area (Å²) in [7, 11) is 0. The number of Topliss-reactive ketones (excluding diaryl/α,β-unsaturated/α-hetero) is 1. The quantitative estimate of drug-likeness (QED) is 0.317. The lowest BCUT2D eigenvalue weighted by Gasteiger charge is -2.30. The van der Waals surface area contributed by atoms with Crippen molar-refractivity contribution in [2.24, 2.45) is 5.92 Å². The third kappa shape index (κ3) is 4.74. The van der Waals surface area contributed by atoms with Crippen molar-refractivity contribution in [1.29, 1.82) is 0 Å². The Morgan fingerprint density at radius 1 is 1.03 bits per heavy atom. The van der Waals surface area contributed by atoms with Crippen LogP contribution in [0.1, 0.15) is 28.8 Å². The van der Waals surface area contributed by atoms with Crippen LogP contribution in [0.4, 0.5) is 5.69 Å². The van der Waals surface area contributed by atoms with Crippen molar-refractivity contribution in [1.82, 2.24) is 4.90 Å². The molecule has 0 saturated carbocycles. The molecule has 2 aliphatic heterocycles. The smallest absolute Gasteiger partial charge is 0.270 e. The summed E-state index contributed by atoms with van der Waals surface area (Å²) >= 11 is 0. The Bertz CT molecular complexity index is 1040. The molecule has 0 unspecified atom stereocenters. The monoisotopic (exact) mass is 422 g/mol. The minimum atomic E-state index is -0.470. The van der Waals surface area contributed by atoms with Crippen molar-refractivity contribution < 1.29 is 24.0 Å². The Kier molecular flexibility index (Phi) is 5.97. The maximum absolute atomic E-state index is 12.9. The first-order chi connectivity index (χ1) is 15.0. The molecular weight excluding hydrogens is 400 g/mol. The van der Waals surface area contributed by atoms with Gasteiger partial charge >= 0.3 is 0 Å². The first kappa shape index (κ1) is 20.6. The second-order valence-electron chi connectivity index (χ2n) is 7.51. The van der Waals surface area contributed by atoms with Crippen LogP contribution in [0.25, 0.3) is 6.08 Å². The van der Waals surface area contributed by atoms with Gasteiger partial charge < -0.3 is 14.4 Å². The van der Waals surface area contributed by atoms with Crippen molar-refractivity contribution in [2.45, 2.75) is 12.8 Å². The number of benzene rings is 2. The molecule has 2 aliphatic rings. The average molecular weight is 422 g/mol. The van der Waals surface area contributed by atoms with Crippen LogP contribution in [0.5, 0.6) is 11.5 Å². The second-order valence-corrected chi connectivity index (χ2v) is 7.51. The van der Waals surface area contributed by atoms with Gasteiger partial charge in [0, 0.05) is 42.8 Å². The van der Waals surface area contributed by atoms with Crippen LogP contribution in [0, 0.1) is 16.0 Å². The topological polar surface area (TPSA) is 99.0 Å². The lowest BCUT2D eigenvalue weighted by Crippen LogP contribution is -2.39. The van der Waals surface area contributed by atoms with Gasteiger partial charge in [0.25, 0.3) is 5.69 Å². The minimum absolute atomic E-state index is 0.0203. The Hall–Kier alpha value is -3.68. The molecule has 1 saturated heterocycles. The molecule has 1 amide bonds. The van der Waals surface area contributed by atoms with E-state index in [4.69, 9.17) is 9.47 Å². The van der Waals surface area contributed by atoms with Gasteiger partial charge in [0.2, 0.25) is 5.91 Å². The average Bonchev–Trinajstić information content (AvgIpc) is 2.82. The highest BCUT2D eigenvalue weighted by Gasteiger charge is 2.28. The number of carbonyl (C=O) groups is 2. The van der Waals surface area contributed by atoms with Gasteiger partial charge in [-0.2, -0.15) is 0 Å². The van der Waals surface area contributed by atoms with E-state index in [0.29, 0.717) is 61.8 Å². The molecule has 4 rings (SSSR count). The molecule has 1 fully saturated rings. The van der Waals surface area contributed by atoms with Crippen molar-refractivity contribution >= 4 is 23.5 Å². The number of rotatable bonds is 5. The van der Waals surface area contributed by atoms with Crippen LogP contribution >= 0.6 is 0 Å². The first-order valence-electron chi connectivity index (χ1n) is 10.2. The van der Waals surface area contributed by atoms with E-state index in [2.05, 4.69) is 0 Å². The fraction of sp³-hybridized carbons (Fsp3) is 0.304. The molecule has 2 heterocycles. The summed E-state index contributed by atoms with van der Waals surface area (Å²) in [5, 5.41) is 10.9.